The molecule has 0 spiro atoms. The number of piperazine rings is 1. The van der Waals surface area contributed by atoms with Crippen molar-refractivity contribution in [2.45, 2.75) is 19.4 Å². The van der Waals surface area contributed by atoms with Gasteiger partial charge in [-0.1, -0.05) is 0 Å². The second kappa shape index (κ2) is 7.36. The van der Waals surface area contributed by atoms with Crippen molar-refractivity contribution in [1.29, 1.82) is 0 Å². The van der Waals surface area contributed by atoms with Crippen molar-refractivity contribution in [1.82, 2.24) is 10.2 Å². The average molecular weight is 263 g/mol. The van der Waals surface area contributed by atoms with Gasteiger partial charge in [-0.2, -0.15) is 0 Å². The zero-order valence-corrected chi connectivity index (χ0v) is 12.0. The molecule has 1 atom stereocenters. The highest BCUT2D eigenvalue weighted by Crippen LogP contribution is 2.15. The van der Waals surface area contributed by atoms with Crippen LogP contribution in [0.4, 0.5) is 5.69 Å². The molecule has 106 valence electrons. The maximum Gasteiger partial charge on any atom is 0.119 e. The molecular weight excluding hydrogens is 238 g/mol. The average Bonchev–Trinajstić information content (AvgIpc) is 2.43. The monoisotopic (exact) mass is 263 g/mol. The summed E-state index contributed by atoms with van der Waals surface area (Å²) in [6, 6.07) is 8.82. The Morgan fingerprint density at radius 2 is 2.16 bits per heavy atom. The zero-order chi connectivity index (χ0) is 13.5. The molecule has 0 bridgehead atoms. The molecule has 2 rings (SSSR count). The van der Waals surface area contributed by atoms with Crippen LogP contribution in [0.5, 0.6) is 5.75 Å². The minimum Gasteiger partial charge on any atom is -0.494 e. The van der Waals surface area contributed by atoms with Crippen LogP contribution >= 0.6 is 0 Å². The Hall–Kier alpha value is -1.26. The topological polar surface area (TPSA) is 36.5 Å². The summed E-state index contributed by atoms with van der Waals surface area (Å²) >= 11 is 0. The van der Waals surface area contributed by atoms with Crippen molar-refractivity contribution < 1.29 is 4.74 Å². The third-order valence-corrected chi connectivity index (χ3v) is 3.62. The molecule has 2 N–H and O–H groups in total. The number of anilines is 1. The van der Waals surface area contributed by atoms with E-state index in [-0.39, 0.29) is 0 Å². The van der Waals surface area contributed by atoms with Gasteiger partial charge in [-0.25, -0.2) is 0 Å². The first-order valence-corrected chi connectivity index (χ1v) is 7.17. The molecule has 19 heavy (non-hydrogen) atoms. The number of hydrogen-bond acceptors (Lipinski definition) is 4. The van der Waals surface area contributed by atoms with Crippen molar-refractivity contribution in [3.05, 3.63) is 24.3 Å². The lowest BCUT2D eigenvalue weighted by molar-refractivity contribution is 0.194. The number of hydrogen-bond donors (Lipinski definition) is 2. The highest BCUT2D eigenvalue weighted by atomic mass is 16.5. The summed E-state index contributed by atoms with van der Waals surface area (Å²) in [4.78, 5) is 2.44. The smallest absolute Gasteiger partial charge is 0.119 e. The minimum atomic E-state index is 0.643. The molecule has 0 radical (unpaired) electrons. The Bertz CT molecular complexity index is 366. The molecule has 0 amide bonds. The summed E-state index contributed by atoms with van der Waals surface area (Å²) < 4.78 is 5.43. The molecular formula is C15H25N3O. The lowest BCUT2D eigenvalue weighted by atomic mass is 10.1. The molecule has 0 aromatic heterocycles. The predicted octanol–water partition coefficient (Wildman–Crippen LogP) is 1.79. The number of nitrogens with zero attached hydrogens (tertiary/aromatic N) is 1. The molecule has 0 aliphatic carbocycles. The highest BCUT2D eigenvalue weighted by molar-refractivity contribution is 5.46. The quantitative estimate of drug-likeness (QED) is 0.820. The number of benzene rings is 1. The molecule has 4 heteroatoms. The summed E-state index contributed by atoms with van der Waals surface area (Å²) in [5, 5.41) is 6.92. The highest BCUT2D eigenvalue weighted by Gasteiger charge is 2.17. The fourth-order valence-corrected chi connectivity index (χ4v) is 2.40. The fourth-order valence-electron chi connectivity index (χ4n) is 2.40. The van der Waals surface area contributed by atoms with E-state index in [0.717, 1.165) is 44.0 Å². The van der Waals surface area contributed by atoms with E-state index in [0.29, 0.717) is 12.6 Å². The van der Waals surface area contributed by atoms with Gasteiger partial charge in [0.1, 0.15) is 5.75 Å². The second-order valence-electron chi connectivity index (χ2n) is 5.01. The van der Waals surface area contributed by atoms with E-state index in [1.807, 2.05) is 19.1 Å². The first-order chi connectivity index (χ1) is 9.29. The summed E-state index contributed by atoms with van der Waals surface area (Å²) in [7, 11) is 2.21. The van der Waals surface area contributed by atoms with E-state index in [1.54, 1.807) is 0 Å². The molecule has 1 aromatic rings. The molecule has 1 aromatic carbocycles. The number of rotatable bonds is 6. The largest absolute Gasteiger partial charge is 0.494 e. The standard InChI is InChI=1S/C15H25N3O/c1-3-19-15-6-4-13(5-7-15)17-9-8-14-12-16-10-11-18(14)2/h4-7,14,16-17H,3,8-12H2,1-2H3. The van der Waals surface area contributed by atoms with Crippen LogP contribution in [0.15, 0.2) is 24.3 Å². The van der Waals surface area contributed by atoms with E-state index in [4.69, 9.17) is 4.74 Å². The van der Waals surface area contributed by atoms with Crippen LogP contribution in [0.25, 0.3) is 0 Å². The molecule has 1 saturated heterocycles. The van der Waals surface area contributed by atoms with E-state index >= 15 is 0 Å². The van der Waals surface area contributed by atoms with Gasteiger partial charge in [0, 0.05) is 37.9 Å². The molecule has 1 aliphatic heterocycles. The van der Waals surface area contributed by atoms with Crippen LogP contribution < -0.4 is 15.4 Å². The molecule has 1 fully saturated rings. The maximum absolute atomic E-state index is 5.43. The van der Waals surface area contributed by atoms with Crippen LogP contribution in [0.1, 0.15) is 13.3 Å². The van der Waals surface area contributed by atoms with Gasteiger partial charge >= 0.3 is 0 Å². The van der Waals surface area contributed by atoms with Crippen LogP contribution in [0.2, 0.25) is 0 Å². The Morgan fingerprint density at radius 1 is 1.37 bits per heavy atom. The normalized spacial score (nSPS) is 20.2. The van der Waals surface area contributed by atoms with Crippen molar-refractivity contribution in [3.8, 4) is 5.75 Å². The lowest BCUT2D eigenvalue weighted by Crippen LogP contribution is -2.49. The minimum absolute atomic E-state index is 0.643. The Balaban J connectivity index is 1.72. The van der Waals surface area contributed by atoms with Crippen molar-refractivity contribution >= 4 is 5.69 Å². The Morgan fingerprint density at radius 3 is 2.84 bits per heavy atom. The van der Waals surface area contributed by atoms with Gasteiger partial charge in [-0.05, 0) is 44.7 Å². The van der Waals surface area contributed by atoms with Gasteiger partial charge in [0.15, 0.2) is 0 Å². The Labute approximate surface area is 116 Å². The second-order valence-corrected chi connectivity index (χ2v) is 5.01. The molecule has 4 nitrogen and oxygen atoms in total. The zero-order valence-electron chi connectivity index (χ0n) is 12.0. The summed E-state index contributed by atoms with van der Waals surface area (Å²) in [5.41, 5.74) is 1.16. The predicted molar refractivity (Wildman–Crippen MR) is 80.0 cm³/mol. The maximum atomic E-state index is 5.43. The van der Waals surface area contributed by atoms with Gasteiger partial charge in [-0.15, -0.1) is 0 Å². The van der Waals surface area contributed by atoms with Crippen molar-refractivity contribution in [2.75, 3.05) is 45.2 Å². The third-order valence-electron chi connectivity index (χ3n) is 3.62. The molecule has 1 aliphatic rings. The SMILES string of the molecule is CCOc1ccc(NCCC2CNCCN2C)cc1. The van der Waals surface area contributed by atoms with E-state index < -0.39 is 0 Å². The first kappa shape index (κ1) is 14.2. The third kappa shape index (κ3) is 4.40. The van der Waals surface area contributed by atoms with Crippen molar-refractivity contribution in [3.63, 3.8) is 0 Å². The van der Waals surface area contributed by atoms with E-state index in [1.165, 1.54) is 0 Å². The molecule has 1 heterocycles. The van der Waals surface area contributed by atoms with E-state index in [2.05, 4.69) is 34.7 Å². The lowest BCUT2D eigenvalue weighted by Gasteiger charge is -2.33. The van der Waals surface area contributed by atoms with Gasteiger partial charge in [0.05, 0.1) is 6.61 Å². The fraction of sp³-hybridized carbons (Fsp3) is 0.600. The van der Waals surface area contributed by atoms with Gasteiger partial charge in [0.25, 0.3) is 0 Å². The van der Waals surface area contributed by atoms with Crippen LogP contribution in [0.3, 0.4) is 0 Å². The summed E-state index contributed by atoms with van der Waals surface area (Å²) in [6.45, 7) is 7.08. The number of likely N-dealkylation sites (N-methyl/N-ethyl adjacent to an activating group) is 1. The summed E-state index contributed by atoms with van der Waals surface area (Å²) in [5.74, 6) is 0.935. The van der Waals surface area contributed by atoms with Gasteiger partial charge in [0.2, 0.25) is 0 Å². The van der Waals surface area contributed by atoms with Gasteiger partial charge in [-0.3, -0.25) is 0 Å². The molecule has 1 unspecified atom stereocenters. The Kier molecular flexibility index (Phi) is 5.48. The van der Waals surface area contributed by atoms with E-state index in [9.17, 15) is 0 Å². The number of ether oxygens (including phenoxy) is 1. The first-order valence-electron chi connectivity index (χ1n) is 7.17. The van der Waals surface area contributed by atoms with Crippen molar-refractivity contribution in [2.24, 2.45) is 0 Å². The summed E-state index contributed by atoms with van der Waals surface area (Å²) in [6.07, 6.45) is 1.16. The van der Waals surface area contributed by atoms with Crippen LogP contribution in [-0.2, 0) is 0 Å². The van der Waals surface area contributed by atoms with Crippen LogP contribution in [-0.4, -0.2) is 50.8 Å². The molecule has 0 saturated carbocycles. The van der Waals surface area contributed by atoms with Crippen LogP contribution in [0, 0.1) is 0 Å². The van der Waals surface area contributed by atoms with Gasteiger partial charge < -0.3 is 20.3 Å². The number of nitrogens with one attached hydrogen (secondary N) is 2.